The summed E-state index contributed by atoms with van der Waals surface area (Å²) in [5.41, 5.74) is -0.195. The van der Waals surface area contributed by atoms with Crippen LogP contribution in [-0.4, -0.2) is 53.9 Å². The third-order valence-electron chi connectivity index (χ3n) is 6.98. The number of hydrogen-bond acceptors (Lipinski definition) is 10. The molecule has 37 heavy (non-hydrogen) atoms. The summed E-state index contributed by atoms with van der Waals surface area (Å²) < 4.78 is 22.0. The van der Waals surface area contributed by atoms with Crippen LogP contribution in [0, 0.1) is 5.41 Å². The molecule has 3 heterocycles. The number of methoxy groups -OCH3 is 1. The van der Waals surface area contributed by atoms with Gasteiger partial charge in [0.1, 0.15) is 12.1 Å². The lowest BCUT2D eigenvalue weighted by Crippen LogP contribution is -2.58. The highest BCUT2D eigenvalue weighted by Crippen LogP contribution is 2.63. The number of cyclic esters (lactones) is 2. The van der Waals surface area contributed by atoms with Crippen LogP contribution in [0.2, 0.25) is 0 Å². The number of esters is 3. The van der Waals surface area contributed by atoms with Gasteiger partial charge in [0.05, 0.1) is 13.3 Å². The molecule has 0 unspecified atom stereocenters. The molecule has 2 fully saturated rings. The van der Waals surface area contributed by atoms with E-state index in [1.54, 1.807) is 30.5 Å². The fraction of sp³-hybridized carbons (Fsp3) is 0.370. The number of carbonyl (C=O) groups is 4. The number of hydrazone groups is 1. The second kappa shape index (κ2) is 8.43. The summed E-state index contributed by atoms with van der Waals surface area (Å²) in [5, 5.41) is 6.04. The predicted octanol–water partition coefficient (Wildman–Crippen LogP) is 2.89. The molecular weight excluding hydrogens is 480 g/mol. The summed E-state index contributed by atoms with van der Waals surface area (Å²) in [6, 6.07) is 9.89. The average molecular weight is 507 g/mol. The van der Waals surface area contributed by atoms with Crippen molar-refractivity contribution in [3.05, 3.63) is 59.2 Å². The van der Waals surface area contributed by atoms with Crippen LogP contribution in [-0.2, 0) is 28.7 Å². The Balaban J connectivity index is 1.79. The molecule has 0 aromatic heterocycles. The van der Waals surface area contributed by atoms with Gasteiger partial charge in [0, 0.05) is 26.7 Å². The van der Waals surface area contributed by atoms with Crippen molar-refractivity contribution in [1.82, 2.24) is 5.01 Å². The Kier molecular flexibility index (Phi) is 5.58. The van der Waals surface area contributed by atoms with Crippen LogP contribution in [0.25, 0.3) is 0 Å². The normalized spacial score (nSPS) is 24.6. The lowest BCUT2D eigenvalue weighted by atomic mass is 9.65. The van der Waals surface area contributed by atoms with Crippen molar-refractivity contribution in [2.45, 2.75) is 51.5 Å². The number of nitrogens with zero attached hydrogens (tertiary/aromatic N) is 2. The molecule has 2 aromatic carbocycles. The van der Waals surface area contributed by atoms with Crippen LogP contribution in [0.5, 0.6) is 11.5 Å². The molecule has 0 bridgehead atoms. The summed E-state index contributed by atoms with van der Waals surface area (Å²) in [4.78, 5) is 52.8. The number of Topliss-reactive ketones (excluding diaryl/α,β-unsaturated/α-hetero) is 1. The number of ketones is 1. The summed E-state index contributed by atoms with van der Waals surface area (Å²) in [6.07, 6.45) is 1.60. The third kappa shape index (κ3) is 3.58. The van der Waals surface area contributed by atoms with Crippen LogP contribution < -0.4 is 9.47 Å². The zero-order valence-electron chi connectivity index (χ0n) is 21.0. The van der Waals surface area contributed by atoms with Gasteiger partial charge in [0.25, 0.3) is 5.79 Å². The van der Waals surface area contributed by atoms with Gasteiger partial charge < -0.3 is 18.9 Å². The fourth-order valence-corrected chi connectivity index (χ4v) is 5.65. The first-order chi connectivity index (χ1) is 17.5. The summed E-state index contributed by atoms with van der Waals surface area (Å²) >= 11 is 0. The largest absolute Gasteiger partial charge is 0.493 e. The highest BCUT2D eigenvalue weighted by molar-refractivity contribution is 6.07. The van der Waals surface area contributed by atoms with E-state index in [9.17, 15) is 19.2 Å². The number of hydrogen-bond donors (Lipinski definition) is 0. The van der Waals surface area contributed by atoms with Gasteiger partial charge in [0.15, 0.2) is 17.3 Å². The van der Waals surface area contributed by atoms with E-state index < -0.39 is 47.1 Å². The monoisotopic (exact) mass is 506 g/mol. The molecule has 0 amide bonds. The molecule has 1 spiro atoms. The van der Waals surface area contributed by atoms with Crippen molar-refractivity contribution in [2.75, 3.05) is 7.11 Å². The van der Waals surface area contributed by atoms with Crippen LogP contribution in [0.1, 0.15) is 56.3 Å². The molecule has 0 N–H and O–H groups in total. The van der Waals surface area contributed by atoms with Crippen molar-refractivity contribution < 1.29 is 38.1 Å². The minimum Gasteiger partial charge on any atom is -0.493 e. The molecule has 0 aliphatic carbocycles. The molecule has 3 atom stereocenters. The van der Waals surface area contributed by atoms with E-state index in [2.05, 4.69) is 5.10 Å². The first kappa shape index (κ1) is 24.5. The molecule has 2 aromatic rings. The van der Waals surface area contributed by atoms with E-state index in [-0.39, 0.29) is 17.3 Å². The van der Waals surface area contributed by atoms with E-state index >= 15 is 0 Å². The Hall–Kier alpha value is -4.21. The molecule has 192 valence electrons. The quantitative estimate of drug-likeness (QED) is 0.350. The van der Waals surface area contributed by atoms with E-state index in [0.29, 0.717) is 16.7 Å². The number of carbonyl (C=O) groups excluding carboxylic acids is 4. The molecule has 10 nitrogen and oxygen atoms in total. The van der Waals surface area contributed by atoms with Crippen molar-refractivity contribution in [3.63, 3.8) is 0 Å². The molecule has 10 heteroatoms. The van der Waals surface area contributed by atoms with E-state index in [4.69, 9.17) is 18.9 Å². The van der Waals surface area contributed by atoms with Gasteiger partial charge >= 0.3 is 17.9 Å². The maximum absolute atomic E-state index is 14.0. The lowest BCUT2D eigenvalue weighted by molar-refractivity contribution is -0.254. The Bertz CT molecular complexity index is 1340. The summed E-state index contributed by atoms with van der Waals surface area (Å²) in [5.74, 6) is -4.68. The molecule has 3 aliphatic heterocycles. The average Bonchev–Trinajstić information content (AvgIpc) is 3.15. The van der Waals surface area contributed by atoms with E-state index in [1.165, 1.54) is 45.9 Å². The summed E-state index contributed by atoms with van der Waals surface area (Å²) in [7, 11) is 1.40. The zero-order valence-corrected chi connectivity index (χ0v) is 21.0. The first-order valence-electron chi connectivity index (χ1n) is 11.8. The maximum Gasteiger partial charge on any atom is 0.330 e. The topological polar surface area (TPSA) is 121 Å². The minimum atomic E-state index is -1.96. The molecule has 5 rings (SSSR count). The van der Waals surface area contributed by atoms with Gasteiger partial charge in [0.2, 0.25) is 5.41 Å². The smallest absolute Gasteiger partial charge is 0.330 e. The van der Waals surface area contributed by atoms with Gasteiger partial charge in [-0.05, 0) is 35.7 Å². The van der Waals surface area contributed by atoms with Crippen LogP contribution >= 0.6 is 0 Å². The van der Waals surface area contributed by atoms with E-state index in [0.717, 1.165) is 0 Å². The van der Waals surface area contributed by atoms with Crippen molar-refractivity contribution >= 4 is 29.9 Å². The molecule has 0 saturated carbocycles. The number of fused-ring (bicyclic) bond motifs is 4. The van der Waals surface area contributed by atoms with Crippen molar-refractivity contribution in [2.24, 2.45) is 10.5 Å². The molecule has 0 radical (unpaired) electrons. The molecule has 2 saturated heterocycles. The van der Waals surface area contributed by atoms with Crippen LogP contribution in [0.3, 0.4) is 0 Å². The van der Waals surface area contributed by atoms with Crippen molar-refractivity contribution in [1.29, 1.82) is 0 Å². The van der Waals surface area contributed by atoms with E-state index in [1.807, 2.05) is 12.1 Å². The second-order valence-corrected chi connectivity index (χ2v) is 9.74. The van der Waals surface area contributed by atoms with Crippen molar-refractivity contribution in [3.8, 4) is 11.5 Å². The molecular formula is C27H26N2O8. The number of benzene rings is 2. The van der Waals surface area contributed by atoms with Crippen LogP contribution in [0.15, 0.2) is 47.6 Å². The third-order valence-corrected chi connectivity index (χ3v) is 6.98. The number of ether oxygens (including phenoxy) is 4. The Morgan fingerprint density at radius 3 is 2.30 bits per heavy atom. The SMILES string of the molecule is COc1cc([C@H]2[C@H](C(C)=O)N3N=Cc4ccccc4[C@@H]3C23C(=O)OC(C)(C)OC3=O)ccc1OC(C)=O. The zero-order chi connectivity index (χ0) is 26.7. The second-order valence-electron chi connectivity index (χ2n) is 9.74. The van der Waals surface area contributed by atoms with Gasteiger partial charge in [-0.2, -0.15) is 5.10 Å². The van der Waals surface area contributed by atoms with Gasteiger partial charge in [-0.3, -0.25) is 24.2 Å². The molecule has 3 aliphatic rings. The summed E-state index contributed by atoms with van der Waals surface area (Å²) in [6.45, 7) is 5.60. The predicted molar refractivity (Wildman–Crippen MR) is 129 cm³/mol. The highest BCUT2D eigenvalue weighted by atomic mass is 16.7. The Labute approximate surface area is 213 Å². The van der Waals surface area contributed by atoms with Gasteiger partial charge in [-0.15, -0.1) is 0 Å². The van der Waals surface area contributed by atoms with Gasteiger partial charge in [-0.25, -0.2) is 0 Å². The Morgan fingerprint density at radius 2 is 1.68 bits per heavy atom. The minimum absolute atomic E-state index is 0.154. The van der Waals surface area contributed by atoms with Crippen LogP contribution in [0.4, 0.5) is 0 Å². The van der Waals surface area contributed by atoms with Gasteiger partial charge in [-0.1, -0.05) is 30.3 Å². The standard InChI is InChI=1S/C27H26N2O8/c1-14(30)22-21(16-10-11-19(35-15(2)31)20(12-16)34-5)27(24(32)36-26(3,4)37-25(27)33)23-18-9-7-6-8-17(18)13-28-29(22)23/h6-13,21-23H,1-5H3/t21-,22-,23+/m0/s1. The fourth-order valence-electron chi connectivity index (χ4n) is 5.65. The highest BCUT2D eigenvalue weighted by Gasteiger charge is 2.74. The first-order valence-corrected chi connectivity index (χ1v) is 11.8. The number of rotatable bonds is 4. The lowest BCUT2D eigenvalue weighted by Gasteiger charge is -2.44. The Morgan fingerprint density at radius 1 is 1.00 bits per heavy atom. The maximum atomic E-state index is 14.0.